The van der Waals surface area contributed by atoms with E-state index in [1.807, 2.05) is 58.3 Å². The summed E-state index contributed by atoms with van der Waals surface area (Å²) in [4.78, 5) is 30.7. The van der Waals surface area contributed by atoms with Crippen LogP contribution in [0.4, 0.5) is 13.2 Å². The van der Waals surface area contributed by atoms with Crippen LogP contribution in [0.1, 0.15) is 49.3 Å². The standard InChI is InChI=1S/C36H38F3N3O4/c1-22(43)41-20-26-18-29(25-10-8-23(9-11-25)6-4-16-46-35-31(38)15-14-30(37)34(35)39)33(32(21-41)40-26)36(44)42(27-12-13-27)19-24-5-3-7-28(17-24)45-2/h3,5,7-11,14-15,17,26-27,32,40H,4,6,12-13,16,18-21H2,1-2H3/t26-,32-/m1/s1. The van der Waals surface area contributed by atoms with E-state index in [1.54, 1.807) is 14.0 Å². The minimum atomic E-state index is -1.33. The molecular formula is C36H38F3N3O4. The van der Waals surface area contributed by atoms with Crippen molar-refractivity contribution in [3.63, 3.8) is 0 Å². The number of fused-ring (bicyclic) bond motifs is 2. The molecule has 1 saturated heterocycles. The highest BCUT2D eigenvalue weighted by atomic mass is 19.2. The fourth-order valence-corrected chi connectivity index (χ4v) is 6.46. The molecule has 10 heteroatoms. The zero-order chi connectivity index (χ0) is 32.4. The Morgan fingerprint density at radius 1 is 0.978 bits per heavy atom. The molecule has 242 valence electrons. The van der Waals surface area contributed by atoms with Crippen molar-refractivity contribution in [2.45, 2.75) is 63.7 Å². The SMILES string of the molecule is COc1cccc(CN(C(=O)C2=C(c3ccc(CCCOc4c(F)ccc(F)c4F)cc3)C[C@@H]3CN(C(C)=O)C[C@H]2N3)C2CC2)c1. The van der Waals surface area contributed by atoms with Crippen LogP contribution in [0, 0.1) is 17.5 Å². The Hall–Kier alpha value is -4.31. The van der Waals surface area contributed by atoms with Crippen molar-refractivity contribution in [2.24, 2.45) is 0 Å². The summed E-state index contributed by atoms with van der Waals surface area (Å²) in [5.41, 5.74) is 4.64. The Morgan fingerprint density at radius 2 is 1.74 bits per heavy atom. The largest absolute Gasteiger partial charge is 0.497 e. The molecule has 2 aliphatic heterocycles. The molecule has 2 atom stereocenters. The summed E-state index contributed by atoms with van der Waals surface area (Å²) in [6.07, 6.45) is 3.57. The number of rotatable bonds is 11. The molecule has 3 aromatic carbocycles. The molecule has 0 radical (unpaired) electrons. The first-order valence-electron chi connectivity index (χ1n) is 15.8. The van der Waals surface area contributed by atoms with E-state index in [4.69, 9.17) is 9.47 Å². The summed E-state index contributed by atoms with van der Waals surface area (Å²) < 4.78 is 51.9. The highest BCUT2D eigenvalue weighted by Gasteiger charge is 2.43. The topological polar surface area (TPSA) is 71.1 Å². The molecule has 1 saturated carbocycles. The molecule has 6 rings (SSSR count). The van der Waals surface area contributed by atoms with Gasteiger partial charge < -0.3 is 24.6 Å². The molecular weight excluding hydrogens is 595 g/mol. The molecule has 1 N–H and O–H groups in total. The normalized spacial score (nSPS) is 19.2. The molecule has 2 amide bonds. The van der Waals surface area contributed by atoms with Gasteiger partial charge in [0.25, 0.3) is 5.91 Å². The van der Waals surface area contributed by atoms with Gasteiger partial charge in [0.05, 0.1) is 19.8 Å². The number of nitrogens with one attached hydrogen (secondary N) is 1. The first-order valence-corrected chi connectivity index (χ1v) is 15.8. The van der Waals surface area contributed by atoms with Crippen LogP contribution in [-0.4, -0.2) is 66.5 Å². The van der Waals surface area contributed by atoms with Crippen molar-refractivity contribution in [1.82, 2.24) is 15.1 Å². The number of benzene rings is 3. The van der Waals surface area contributed by atoms with E-state index in [1.165, 1.54) is 0 Å². The Labute approximate surface area is 267 Å². The Bertz CT molecular complexity index is 1640. The average molecular weight is 634 g/mol. The molecule has 3 aromatic rings. The maximum atomic E-state index is 14.5. The summed E-state index contributed by atoms with van der Waals surface area (Å²) in [5, 5.41) is 3.63. The lowest BCUT2D eigenvalue weighted by atomic mass is 9.82. The molecule has 7 nitrogen and oxygen atoms in total. The summed E-state index contributed by atoms with van der Waals surface area (Å²) in [6.45, 7) is 3.07. The van der Waals surface area contributed by atoms with Crippen molar-refractivity contribution < 1.29 is 32.2 Å². The van der Waals surface area contributed by atoms with E-state index in [2.05, 4.69) is 5.32 Å². The van der Waals surface area contributed by atoms with Gasteiger partial charge >= 0.3 is 0 Å². The van der Waals surface area contributed by atoms with Crippen molar-refractivity contribution in [3.05, 3.63) is 100 Å². The number of ether oxygens (including phenoxy) is 2. The van der Waals surface area contributed by atoms with Gasteiger partial charge in [-0.1, -0.05) is 36.4 Å². The number of hydrogen-bond donors (Lipinski definition) is 1. The van der Waals surface area contributed by atoms with Crippen LogP contribution < -0.4 is 14.8 Å². The number of methoxy groups -OCH3 is 1. The van der Waals surface area contributed by atoms with Crippen LogP contribution in [0.15, 0.2) is 66.2 Å². The Kier molecular flexibility index (Phi) is 9.35. The van der Waals surface area contributed by atoms with Crippen LogP contribution in [0.5, 0.6) is 11.5 Å². The van der Waals surface area contributed by atoms with Gasteiger partial charge in [0, 0.05) is 44.2 Å². The third kappa shape index (κ3) is 6.92. The minimum absolute atomic E-state index is 0.00149. The number of aryl methyl sites for hydroxylation is 1. The van der Waals surface area contributed by atoms with Gasteiger partial charge in [-0.15, -0.1) is 0 Å². The molecule has 2 heterocycles. The van der Waals surface area contributed by atoms with E-state index >= 15 is 0 Å². The quantitative estimate of drug-likeness (QED) is 0.218. The summed E-state index contributed by atoms with van der Waals surface area (Å²) in [6, 6.07) is 17.3. The van der Waals surface area contributed by atoms with Gasteiger partial charge in [0.2, 0.25) is 11.7 Å². The summed E-state index contributed by atoms with van der Waals surface area (Å²) in [5.74, 6) is -3.40. The fourth-order valence-electron chi connectivity index (χ4n) is 6.46. The molecule has 2 bridgehead atoms. The summed E-state index contributed by atoms with van der Waals surface area (Å²) in [7, 11) is 1.63. The van der Waals surface area contributed by atoms with E-state index in [9.17, 15) is 22.8 Å². The first kappa shape index (κ1) is 31.7. The maximum Gasteiger partial charge on any atom is 0.252 e. The van der Waals surface area contributed by atoms with Crippen LogP contribution >= 0.6 is 0 Å². The van der Waals surface area contributed by atoms with E-state index < -0.39 is 23.2 Å². The predicted octanol–water partition coefficient (Wildman–Crippen LogP) is 5.66. The Morgan fingerprint density at radius 3 is 2.46 bits per heavy atom. The highest BCUT2D eigenvalue weighted by Crippen LogP contribution is 2.37. The maximum absolute atomic E-state index is 14.5. The predicted molar refractivity (Wildman–Crippen MR) is 168 cm³/mol. The first-order chi connectivity index (χ1) is 22.2. The van der Waals surface area contributed by atoms with E-state index in [0.717, 1.165) is 53.0 Å². The molecule has 0 spiro atoms. The van der Waals surface area contributed by atoms with E-state index in [-0.39, 0.29) is 36.5 Å². The lowest BCUT2D eigenvalue weighted by molar-refractivity contribution is -0.132. The second-order valence-electron chi connectivity index (χ2n) is 12.3. The van der Waals surface area contributed by atoms with Gasteiger partial charge in [0.15, 0.2) is 17.4 Å². The molecule has 3 aliphatic rings. The molecule has 0 unspecified atom stereocenters. The Balaban J connectivity index is 1.23. The molecule has 2 fully saturated rings. The second kappa shape index (κ2) is 13.6. The number of hydrogen-bond acceptors (Lipinski definition) is 5. The lowest BCUT2D eigenvalue weighted by Crippen LogP contribution is -2.61. The van der Waals surface area contributed by atoms with Gasteiger partial charge in [-0.05, 0) is 78.6 Å². The molecule has 0 aromatic heterocycles. The van der Waals surface area contributed by atoms with Crippen molar-refractivity contribution in [2.75, 3.05) is 26.8 Å². The third-order valence-corrected chi connectivity index (χ3v) is 8.98. The molecule has 1 aliphatic carbocycles. The van der Waals surface area contributed by atoms with Crippen molar-refractivity contribution in [3.8, 4) is 11.5 Å². The number of nitrogens with zero attached hydrogens (tertiary/aromatic N) is 2. The van der Waals surface area contributed by atoms with E-state index in [0.29, 0.717) is 44.5 Å². The highest BCUT2D eigenvalue weighted by molar-refractivity contribution is 6.03. The van der Waals surface area contributed by atoms with Crippen LogP contribution in [0.25, 0.3) is 5.57 Å². The fraction of sp³-hybridized carbons (Fsp3) is 0.389. The zero-order valence-electron chi connectivity index (χ0n) is 26.0. The third-order valence-electron chi connectivity index (χ3n) is 8.98. The van der Waals surface area contributed by atoms with Gasteiger partial charge in [-0.3, -0.25) is 9.59 Å². The monoisotopic (exact) mass is 633 g/mol. The van der Waals surface area contributed by atoms with Crippen LogP contribution in [0.2, 0.25) is 0 Å². The average Bonchev–Trinajstić information content (AvgIpc) is 3.90. The van der Waals surface area contributed by atoms with Crippen molar-refractivity contribution >= 4 is 17.4 Å². The van der Waals surface area contributed by atoms with Gasteiger partial charge in [-0.2, -0.15) is 4.39 Å². The van der Waals surface area contributed by atoms with Crippen LogP contribution in [-0.2, 0) is 22.6 Å². The van der Waals surface area contributed by atoms with Gasteiger partial charge in [-0.25, -0.2) is 8.78 Å². The summed E-state index contributed by atoms with van der Waals surface area (Å²) >= 11 is 0. The van der Waals surface area contributed by atoms with Crippen molar-refractivity contribution in [1.29, 1.82) is 0 Å². The zero-order valence-corrected chi connectivity index (χ0v) is 26.0. The second-order valence-corrected chi connectivity index (χ2v) is 12.3. The number of carbonyl (C=O) groups is 2. The number of carbonyl (C=O) groups excluding carboxylic acids is 2. The number of halogens is 3. The van der Waals surface area contributed by atoms with Gasteiger partial charge in [0.1, 0.15) is 5.75 Å². The number of piperazine rings is 1. The molecule has 46 heavy (non-hydrogen) atoms. The number of amides is 2. The minimum Gasteiger partial charge on any atom is -0.497 e. The van der Waals surface area contributed by atoms with Crippen LogP contribution in [0.3, 0.4) is 0 Å². The smallest absolute Gasteiger partial charge is 0.252 e. The lowest BCUT2D eigenvalue weighted by Gasteiger charge is -2.44.